The minimum atomic E-state index is 0.247. The molecule has 0 aliphatic rings. The van der Waals surface area contributed by atoms with Crippen molar-refractivity contribution in [1.82, 2.24) is 0 Å². The number of anilines is 1. The van der Waals surface area contributed by atoms with Crippen LogP contribution in [0.15, 0.2) is 22.7 Å². The lowest BCUT2D eigenvalue weighted by Crippen LogP contribution is -2.18. The standard InChI is InChI=1S/C13H17BrN2/c1-3-10-9-11(14)5-6-13(10)16-12(4-2)7-8-15/h5-6,9,12,16H,3-4,7H2,1-2H3. The zero-order valence-corrected chi connectivity index (χ0v) is 11.3. The van der Waals surface area contributed by atoms with Gasteiger partial charge in [-0.1, -0.05) is 29.8 Å². The molecule has 0 heterocycles. The molecule has 0 aliphatic carbocycles. The van der Waals surface area contributed by atoms with Crippen LogP contribution in [0.3, 0.4) is 0 Å². The molecule has 1 N–H and O–H groups in total. The quantitative estimate of drug-likeness (QED) is 0.881. The molecule has 0 spiro atoms. The SMILES string of the molecule is CCc1cc(Br)ccc1NC(CC)CC#N. The van der Waals surface area contributed by atoms with Crippen molar-refractivity contribution >= 4 is 21.6 Å². The van der Waals surface area contributed by atoms with Crippen molar-refractivity contribution < 1.29 is 0 Å². The van der Waals surface area contributed by atoms with Crippen LogP contribution in [0.1, 0.15) is 32.3 Å². The monoisotopic (exact) mass is 280 g/mol. The van der Waals surface area contributed by atoms with Crippen LogP contribution in [0.25, 0.3) is 0 Å². The smallest absolute Gasteiger partial charge is 0.0643 e. The second-order valence-electron chi connectivity index (χ2n) is 3.77. The summed E-state index contributed by atoms with van der Waals surface area (Å²) in [6.45, 7) is 4.23. The van der Waals surface area contributed by atoms with Gasteiger partial charge in [0.05, 0.1) is 12.5 Å². The summed E-state index contributed by atoms with van der Waals surface area (Å²) in [4.78, 5) is 0. The van der Waals surface area contributed by atoms with Gasteiger partial charge in [-0.3, -0.25) is 0 Å². The first-order valence-corrected chi connectivity index (χ1v) is 6.42. The Labute approximate surface area is 106 Å². The maximum Gasteiger partial charge on any atom is 0.0643 e. The Morgan fingerprint density at radius 3 is 2.75 bits per heavy atom. The van der Waals surface area contributed by atoms with Gasteiger partial charge >= 0.3 is 0 Å². The van der Waals surface area contributed by atoms with Crippen LogP contribution in [0, 0.1) is 11.3 Å². The predicted molar refractivity (Wildman–Crippen MR) is 71.5 cm³/mol. The largest absolute Gasteiger partial charge is 0.381 e. The molecule has 0 aromatic heterocycles. The zero-order valence-electron chi connectivity index (χ0n) is 9.76. The van der Waals surface area contributed by atoms with Crippen LogP contribution < -0.4 is 5.32 Å². The molecule has 0 saturated carbocycles. The van der Waals surface area contributed by atoms with E-state index in [-0.39, 0.29) is 6.04 Å². The number of halogens is 1. The molecule has 16 heavy (non-hydrogen) atoms. The Kier molecular flexibility index (Phi) is 5.34. The van der Waals surface area contributed by atoms with Gasteiger partial charge in [-0.15, -0.1) is 0 Å². The van der Waals surface area contributed by atoms with Gasteiger partial charge < -0.3 is 5.32 Å². The first kappa shape index (κ1) is 13.1. The number of hydrogen-bond acceptors (Lipinski definition) is 2. The molecule has 0 saturated heterocycles. The van der Waals surface area contributed by atoms with E-state index >= 15 is 0 Å². The molecule has 0 fully saturated rings. The maximum atomic E-state index is 8.72. The van der Waals surface area contributed by atoms with E-state index in [0.29, 0.717) is 6.42 Å². The van der Waals surface area contributed by atoms with Crippen LogP contribution >= 0.6 is 15.9 Å². The molecule has 0 radical (unpaired) electrons. The van der Waals surface area contributed by atoms with Crippen molar-refractivity contribution in [2.24, 2.45) is 0 Å². The van der Waals surface area contributed by atoms with E-state index in [1.807, 2.05) is 6.07 Å². The maximum absolute atomic E-state index is 8.72. The van der Waals surface area contributed by atoms with E-state index in [1.54, 1.807) is 0 Å². The highest BCUT2D eigenvalue weighted by atomic mass is 79.9. The predicted octanol–water partition coefficient (Wildman–Crippen LogP) is 4.12. The van der Waals surface area contributed by atoms with Crippen molar-refractivity contribution in [1.29, 1.82) is 5.26 Å². The number of nitrogens with one attached hydrogen (secondary N) is 1. The van der Waals surface area contributed by atoms with Crippen molar-refractivity contribution in [3.63, 3.8) is 0 Å². The minimum Gasteiger partial charge on any atom is -0.381 e. The van der Waals surface area contributed by atoms with Crippen molar-refractivity contribution in [2.45, 2.75) is 39.2 Å². The molecule has 2 nitrogen and oxygen atoms in total. The summed E-state index contributed by atoms with van der Waals surface area (Å²) in [6, 6.07) is 8.69. The highest BCUT2D eigenvalue weighted by molar-refractivity contribution is 9.10. The fourth-order valence-corrected chi connectivity index (χ4v) is 2.03. The first-order chi connectivity index (χ1) is 7.71. The summed E-state index contributed by atoms with van der Waals surface area (Å²) in [5.74, 6) is 0. The van der Waals surface area contributed by atoms with Crippen molar-refractivity contribution in [2.75, 3.05) is 5.32 Å². The van der Waals surface area contributed by atoms with Gasteiger partial charge in [-0.2, -0.15) is 5.26 Å². The van der Waals surface area contributed by atoms with Gasteiger partial charge in [0.1, 0.15) is 0 Å². The summed E-state index contributed by atoms with van der Waals surface area (Å²) in [7, 11) is 0. The van der Waals surface area contributed by atoms with Gasteiger partial charge in [0.25, 0.3) is 0 Å². The number of aryl methyl sites for hydroxylation is 1. The Morgan fingerprint density at radius 1 is 1.44 bits per heavy atom. The third kappa shape index (κ3) is 3.53. The Hall–Kier alpha value is -1.01. The van der Waals surface area contributed by atoms with E-state index < -0.39 is 0 Å². The molecule has 1 atom stereocenters. The van der Waals surface area contributed by atoms with Gasteiger partial charge in [0, 0.05) is 16.2 Å². The molecule has 86 valence electrons. The number of hydrogen-bond donors (Lipinski definition) is 1. The summed E-state index contributed by atoms with van der Waals surface area (Å²) in [6.07, 6.45) is 2.51. The molecule has 0 bridgehead atoms. The number of benzene rings is 1. The van der Waals surface area contributed by atoms with E-state index in [4.69, 9.17) is 5.26 Å². The molecular formula is C13H17BrN2. The third-order valence-corrected chi connectivity index (χ3v) is 3.13. The summed E-state index contributed by atoms with van der Waals surface area (Å²) >= 11 is 3.47. The minimum absolute atomic E-state index is 0.247. The van der Waals surface area contributed by atoms with Gasteiger partial charge in [0.15, 0.2) is 0 Å². The fraction of sp³-hybridized carbons (Fsp3) is 0.462. The molecule has 1 aromatic rings. The Balaban J connectivity index is 2.83. The second kappa shape index (κ2) is 6.55. The number of nitrogens with zero attached hydrogens (tertiary/aromatic N) is 1. The molecule has 0 amide bonds. The zero-order chi connectivity index (χ0) is 12.0. The molecule has 1 rings (SSSR count). The second-order valence-corrected chi connectivity index (χ2v) is 4.68. The first-order valence-electron chi connectivity index (χ1n) is 5.63. The Morgan fingerprint density at radius 2 is 2.19 bits per heavy atom. The lowest BCUT2D eigenvalue weighted by molar-refractivity contribution is 0.710. The van der Waals surface area contributed by atoms with Crippen LogP contribution in [-0.4, -0.2) is 6.04 Å². The average molecular weight is 281 g/mol. The van der Waals surface area contributed by atoms with E-state index in [2.05, 4.69) is 53.3 Å². The molecule has 1 aromatic carbocycles. The Bertz CT molecular complexity index is 382. The molecule has 1 unspecified atom stereocenters. The van der Waals surface area contributed by atoms with Crippen LogP contribution in [0.2, 0.25) is 0 Å². The molecule has 0 aliphatic heterocycles. The topological polar surface area (TPSA) is 35.8 Å². The fourth-order valence-electron chi connectivity index (χ4n) is 1.62. The summed E-state index contributed by atoms with van der Waals surface area (Å²) in [5.41, 5.74) is 2.43. The summed E-state index contributed by atoms with van der Waals surface area (Å²) < 4.78 is 1.10. The number of rotatable bonds is 5. The van der Waals surface area contributed by atoms with Crippen LogP contribution in [0.4, 0.5) is 5.69 Å². The highest BCUT2D eigenvalue weighted by Crippen LogP contribution is 2.23. The van der Waals surface area contributed by atoms with Crippen LogP contribution in [0.5, 0.6) is 0 Å². The third-order valence-electron chi connectivity index (χ3n) is 2.64. The summed E-state index contributed by atoms with van der Waals surface area (Å²) in [5, 5.41) is 12.2. The highest BCUT2D eigenvalue weighted by Gasteiger charge is 2.08. The lowest BCUT2D eigenvalue weighted by atomic mass is 10.1. The normalized spacial score (nSPS) is 11.9. The van der Waals surface area contributed by atoms with E-state index in [1.165, 1.54) is 5.56 Å². The van der Waals surface area contributed by atoms with E-state index in [9.17, 15) is 0 Å². The van der Waals surface area contributed by atoms with Crippen molar-refractivity contribution in [3.8, 4) is 6.07 Å². The molecule has 3 heteroatoms. The van der Waals surface area contributed by atoms with Crippen molar-refractivity contribution in [3.05, 3.63) is 28.2 Å². The number of nitriles is 1. The van der Waals surface area contributed by atoms with Gasteiger partial charge in [-0.25, -0.2) is 0 Å². The average Bonchev–Trinajstić information content (AvgIpc) is 2.30. The molecular weight excluding hydrogens is 264 g/mol. The lowest BCUT2D eigenvalue weighted by Gasteiger charge is -2.18. The van der Waals surface area contributed by atoms with Crippen LogP contribution in [-0.2, 0) is 6.42 Å². The van der Waals surface area contributed by atoms with Gasteiger partial charge in [-0.05, 0) is 36.6 Å². The van der Waals surface area contributed by atoms with Gasteiger partial charge in [0.2, 0.25) is 0 Å². The van der Waals surface area contributed by atoms with E-state index in [0.717, 1.165) is 23.0 Å².